The molecule has 5 heteroatoms. The highest BCUT2D eigenvalue weighted by atomic mass is 16.3. The number of carbonyl (C=O) groups is 1. The second kappa shape index (κ2) is 6.79. The summed E-state index contributed by atoms with van der Waals surface area (Å²) in [5.74, 6) is 1.15. The Morgan fingerprint density at radius 1 is 1.26 bits per heavy atom. The third-order valence-corrected chi connectivity index (χ3v) is 3.39. The summed E-state index contributed by atoms with van der Waals surface area (Å²) in [5.41, 5.74) is 1.98. The highest BCUT2D eigenvalue weighted by molar-refractivity contribution is 5.91. The highest BCUT2D eigenvalue weighted by Gasteiger charge is 2.12. The molecule has 116 valence electrons. The topological polar surface area (TPSA) is 70.9 Å². The Morgan fingerprint density at radius 2 is 2.09 bits per heavy atom. The van der Waals surface area contributed by atoms with E-state index in [1.54, 1.807) is 30.7 Å². The van der Waals surface area contributed by atoms with E-state index in [9.17, 15) is 4.79 Å². The molecule has 23 heavy (non-hydrogen) atoms. The Morgan fingerprint density at radius 3 is 2.83 bits per heavy atom. The van der Waals surface area contributed by atoms with E-state index in [1.807, 2.05) is 37.3 Å². The normalized spacial score (nSPS) is 12.4. The Labute approximate surface area is 134 Å². The first-order chi connectivity index (χ1) is 11.2. The van der Waals surface area contributed by atoms with Crippen molar-refractivity contribution in [2.75, 3.05) is 0 Å². The van der Waals surface area contributed by atoms with Gasteiger partial charge in [-0.25, -0.2) is 4.98 Å². The van der Waals surface area contributed by atoms with Crippen molar-refractivity contribution < 1.29 is 9.21 Å². The lowest BCUT2D eigenvalue weighted by Crippen LogP contribution is -2.25. The van der Waals surface area contributed by atoms with Gasteiger partial charge in [0.2, 0.25) is 5.91 Å². The number of furan rings is 1. The number of carbonyl (C=O) groups excluding carboxylic acids is 1. The van der Waals surface area contributed by atoms with Crippen LogP contribution in [0.15, 0.2) is 65.4 Å². The molecular formula is C18H17N3O2. The van der Waals surface area contributed by atoms with Crippen molar-refractivity contribution in [2.45, 2.75) is 13.0 Å². The van der Waals surface area contributed by atoms with Gasteiger partial charge in [0.25, 0.3) is 0 Å². The van der Waals surface area contributed by atoms with Crippen molar-refractivity contribution >= 4 is 12.0 Å². The van der Waals surface area contributed by atoms with Crippen molar-refractivity contribution in [3.05, 3.63) is 72.6 Å². The Kier molecular flexibility index (Phi) is 4.38. The van der Waals surface area contributed by atoms with Crippen molar-refractivity contribution in [1.29, 1.82) is 0 Å². The quantitative estimate of drug-likeness (QED) is 0.708. The van der Waals surface area contributed by atoms with Crippen LogP contribution < -0.4 is 5.32 Å². The van der Waals surface area contributed by atoms with E-state index in [1.165, 1.54) is 6.08 Å². The summed E-state index contributed by atoms with van der Waals surface area (Å²) in [4.78, 5) is 19.5. The van der Waals surface area contributed by atoms with Crippen LogP contribution in [0.4, 0.5) is 0 Å². The van der Waals surface area contributed by atoms with E-state index >= 15 is 0 Å². The predicted octanol–water partition coefficient (Wildman–Crippen LogP) is 3.56. The number of nitrogens with one attached hydrogen (secondary N) is 2. The van der Waals surface area contributed by atoms with Crippen LogP contribution in [-0.4, -0.2) is 15.9 Å². The summed E-state index contributed by atoms with van der Waals surface area (Å²) in [7, 11) is 0. The average molecular weight is 307 g/mol. The van der Waals surface area contributed by atoms with Crippen LogP contribution in [0.25, 0.3) is 17.3 Å². The Bertz CT molecular complexity index is 789. The molecule has 0 fully saturated rings. The van der Waals surface area contributed by atoms with Gasteiger partial charge in [-0.2, -0.15) is 0 Å². The molecule has 0 aliphatic heterocycles. The maximum atomic E-state index is 11.9. The minimum atomic E-state index is -0.221. The Balaban J connectivity index is 1.63. The summed E-state index contributed by atoms with van der Waals surface area (Å²) >= 11 is 0. The van der Waals surface area contributed by atoms with Gasteiger partial charge in [-0.3, -0.25) is 4.79 Å². The molecule has 0 saturated carbocycles. The van der Waals surface area contributed by atoms with Crippen LogP contribution in [0.2, 0.25) is 0 Å². The first-order valence-electron chi connectivity index (χ1n) is 7.35. The molecule has 2 aromatic heterocycles. The molecule has 1 aromatic carbocycles. The van der Waals surface area contributed by atoms with E-state index in [0.29, 0.717) is 11.6 Å². The van der Waals surface area contributed by atoms with Crippen molar-refractivity contribution in [3.8, 4) is 11.3 Å². The summed E-state index contributed by atoms with van der Waals surface area (Å²) in [5, 5.41) is 2.86. The third kappa shape index (κ3) is 3.77. The maximum Gasteiger partial charge on any atom is 0.244 e. The number of benzene rings is 1. The van der Waals surface area contributed by atoms with Crippen LogP contribution in [0.5, 0.6) is 0 Å². The Hall–Kier alpha value is -3.08. The number of imidazole rings is 1. The molecule has 0 bridgehead atoms. The number of aromatic nitrogens is 2. The fourth-order valence-corrected chi connectivity index (χ4v) is 2.19. The number of nitrogens with zero attached hydrogens (tertiary/aromatic N) is 1. The third-order valence-electron chi connectivity index (χ3n) is 3.39. The molecule has 3 rings (SSSR count). The maximum absolute atomic E-state index is 11.9. The molecule has 2 heterocycles. The molecule has 1 amide bonds. The van der Waals surface area contributed by atoms with Gasteiger partial charge < -0.3 is 14.7 Å². The molecule has 0 radical (unpaired) electrons. The molecule has 0 unspecified atom stereocenters. The van der Waals surface area contributed by atoms with Gasteiger partial charge in [-0.1, -0.05) is 30.3 Å². The van der Waals surface area contributed by atoms with E-state index in [4.69, 9.17) is 4.42 Å². The zero-order valence-electron chi connectivity index (χ0n) is 12.7. The van der Waals surface area contributed by atoms with Crippen LogP contribution in [0, 0.1) is 0 Å². The number of hydrogen-bond donors (Lipinski definition) is 2. The number of amides is 1. The lowest BCUT2D eigenvalue weighted by atomic mass is 10.2. The predicted molar refractivity (Wildman–Crippen MR) is 88.3 cm³/mol. The van der Waals surface area contributed by atoms with Gasteiger partial charge in [-0.05, 0) is 30.7 Å². The van der Waals surface area contributed by atoms with Gasteiger partial charge in [0, 0.05) is 6.08 Å². The molecule has 0 saturated heterocycles. The largest absolute Gasteiger partial charge is 0.465 e. The van der Waals surface area contributed by atoms with Gasteiger partial charge in [0.1, 0.15) is 11.6 Å². The van der Waals surface area contributed by atoms with Gasteiger partial charge in [0.05, 0.1) is 24.2 Å². The van der Waals surface area contributed by atoms with E-state index < -0.39 is 0 Å². The smallest absolute Gasteiger partial charge is 0.244 e. The standard InChI is InChI=1S/C18H17N3O2/c1-13(20-17(22)10-9-15-8-5-11-23-15)18-19-12-16(21-18)14-6-3-2-4-7-14/h2-13H,1H3,(H,19,21)(H,20,22)/b10-9+/t13-/m1/s1. The van der Waals surface area contributed by atoms with Gasteiger partial charge in [0.15, 0.2) is 0 Å². The van der Waals surface area contributed by atoms with Crippen LogP contribution in [0.1, 0.15) is 24.6 Å². The summed E-state index contributed by atoms with van der Waals surface area (Å²) in [6, 6.07) is 13.3. The molecule has 2 N–H and O–H groups in total. The average Bonchev–Trinajstić information content (AvgIpc) is 3.25. The summed E-state index contributed by atoms with van der Waals surface area (Å²) in [6.45, 7) is 1.88. The number of H-pyrrole nitrogens is 1. The lowest BCUT2D eigenvalue weighted by molar-refractivity contribution is -0.117. The van der Waals surface area contributed by atoms with Crippen molar-refractivity contribution in [1.82, 2.24) is 15.3 Å². The lowest BCUT2D eigenvalue weighted by Gasteiger charge is -2.09. The zero-order chi connectivity index (χ0) is 16.1. The molecule has 0 spiro atoms. The van der Waals surface area contributed by atoms with E-state index in [-0.39, 0.29) is 11.9 Å². The minimum Gasteiger partial charge on any atom is -0.465 e. The fourth-order valence-electron chi connectivity index (χ4n) is 2.19. The van der Waals surface area contributed by atoms with Gasteiger partial charge >= 0.3 is 0 Å². The number of rotatable bonds is 5. The SMILES string of the molecule is C[C@@H](NC(=O)/C=C/c1ccco1)c1ncc(-c2ccccc2)[nH]1. The van der Waals surface area contributed by atoms with Crippen LogP contribution >= 0.6 is 0 Å². The number of aromatic amines is 1. The van der Waals surface area contributed by atoms with Crippen molar-refractivity contribution in [2.24, 2.45) is 0 Å². The zero-order valence-corrected chi connectivity index (χ0v) is 12.7. The van der Waals surface area contributed by atoms with Crippen LogP contribution in [-0.2, 0) is 4.79 Å². The van der Waals surface area contributed by atoms with E-state index in [2.05, 4.69) is 15.3 Å². The number of hydrogen-bond acceptors (Lipinski definition) is 3. The molecule has 0 aliphatic carbocycles. The molecule has 0 aliphatic rings. The first-order valence-corrected chi connectivity index (χ1v) is 7.35. The highest BCUT2D eigenvalue weighted by Crippen LogP contribution is 2.18. The van der Waals surface area contributed by atoms with Gasteiger partial charge in [-0.15, -0.1) is 0 Å². The molecule has 1 atom stereocenters. The van der Waals surface area contributed by atoms with Crippen LogP contribution in [0.3, 0.4) is 0 Å². The minimum absolute atomic E-state index is 0.202. The fraction of sp³-hybridized carbons (Fsp3) is 0.111. The molecule has 3 aromatic rings. The summed E-state index contributed by atoms with van der Waals surface area (Å²) in [6.07, 6.45) is 6.40. The summed E-state index contributed by atoms with van der Waals surface area (Å²) < 4.78 is 5.14. The monoisotopic (exact) mass is 307 g/mol. The van der Waals surface area contributed by atoms with Crippen molar-refractivity contribution in [3.63, 3.8) is 0 Å². The van der Waals surface area contributed by atoms with E-state index in [0.717, 1.165) is 11.3 Å². The first kappa shape index (κ1) is 14.8. The molecule has 5 nitrogen and oxygen atoms in total. The molecular weight excluding hydrogens is 290 g/mol. The second-order valence-corrected chi connectivity index (χ2v) is 5.13. The second-order valence-electron chi connectivity index (χ2n) is 5.13.